The molecule has 1 N–H and O–H groups in total. The van der Waals surface area contributed by atoms with Crippen molar-refractivity contribution in [3.05, 3.63) is 89.4 Å². The maximum atomic E-state index is 11.9. The van der Waals surface area contributed by atoms with Gasteiger partial charge in [0, 0.05) is 10.6 Å². The van der Waals surface area contributed by atoms with Gasteiger partial charge in [-0.25, -0.2) is 5.43 Å². The van der Waals surface area contributed by atoms with E-state index in [-0.39, 0.29) is 12.5 Å². The number of benzene rings is 3. The maximum absolute atomic E-state index is 11.9. The fraction of sp³-hybridized carbons (Fsp3) is 0.0476. The molecule has 26 heavy (non-hydrogen) atoms. The Morgan fingerprint density at radius 2 is 1.65 bits per heavy atom. The van der Waals surface area contributed by atoms with Gasteiger partial charge >= 0.3 is 0 Å². The molecule has 0 aliphatic heterocycles. The lowest BCUT2D eigenvalue weighted by Crippen LogP contribution is -2.24. The minimum atomic E-state index is -0.335. The molecule has 0 aliphatic carbocycles. The van der Waals surface area contributed by atoms with Gasteiger partial charge in [-0.15, -0.1) is 0 Å². The van der Waals surface area contributed by atoms with Crippen LogP contribution in [0.15, 0.2) is 84.0 Å². The molecule has 3 rings (SSSR count). The number of amides is 1. The molecule has 0 fully saturated rings. The fourth-order valence-corrected chi connectivity index (χ4v) is 2.48. The topological polar surface area (TPSA) is 50.7 Å². The van der Waals surface area contributed by atoms with Gasteiger partial charge in [-0.05, 0) is 29.3 Å². The minimum absolute atomic E-state index is 0.123. The van der Waals surface area contributed by atoms with E-state index in [1.54, 1.807) is 18.3 Å². The van der Waals surface area contributed by atoms with Crippen LogP contribution in [0.2, 0.25) is 5.02 Å². The van der Waals surface area contributed by atoms with Crippen molar-refractivity contribution in [3.63, 3.8) is 0 Å². The molecule has 0 saturated carbocycles. The van der Waals surface area contributed by atoms with Crippen LogP contribution in [0.1, 0.15) is 5.56 Å². The summed E-state index contributed by atoms with van der Waals surface area (Å²) in [7, 11) is 0. The zero-order valence-electron chi connectivity index (χ0n) is 13.9. The van der Waals surface area contributed by atoms with Crippen molar-refractivity contribution in [3.8, 4) is 16.9 Å². The number of carbonyl (C=O) groups is 1. The minimum Gasteiger partial charge on any atom is -0.483 e. The highest BCUT2D eigenvalue weighted by molar-refractivity contribution is 6.30. The Kier molecular flexibility index (Phi) is 6.01. The molecule has 3 aromatic rings. The molecule has 4 nitrogen and oxygen atoms in total. The van der Waals surface area contributed by atoms with E-state index in [0.717, 1.165) is 16.7 Å². The molecule has 5 heteroatoms. The van der Waals surface area contributed by atoms with Gasteiger partial charge in [0.2, 0.25) is 0 Å². The smallest absolute Gasteiger partial charge is 0.277 e. The van der Waals surface area contributed by atoms with Crippen LogP contribution in [-0.2, 0) is 4.79 Å². The fourth-order valence-electron chi connectivity index (χ4n) is 2.35. The van der Waals surface area contributed by atoms with Crippen LogP contribution < -0.4 is 10.2 Å². The lowest BCUT2D eigenvalue weighted by atomic mass is 10.1. The predicted molar refractivity (Wildman–Crippen MR) is 105 cm³/mol. The zero-order valence-corrected chi connectivity index (χ0v) is 14.7. The summed E-state index contributed by atoms with van der Waals surface area (Å²) < 4.78 is 5.67. The van der Waals surface area contributed by atoms with Gasteiger partial charge in [0.15, 0.2) is 6.61 Å². The van der Waals surface area contributed by atoms with Gasteiger partial charge in [0.1, 0.15) is 5.75 Å². The summed E-state index contributed by atoms with van der Waals surface area (Å²) in [4.78, 5) is 11.9. The highest BCUT2D eigenvalue weighted by atomic mass is 35.5. The first-order valence-corrected chi connectivity index (χ1v) is 8.45. The molecule has 0 saturated heterocycles. The predicted octanol–water partition coefficient (Wildman–Crippen LogP) is 4.54. The van der Waals surface area contributed by atoms with Crippen LogP contribution in [0.5, 0.6) is 5.75 Å². The standard InChI is InChI=1S/C21H17ClN2O2/c22-18-12-10-16(11-13-18)14-23-24-21(25)15-26-20-9-5-4-8-19(20)17-6-2-1-3-7-17/h1-14H,15H2,(H,24,25). The second-order valence-corrected chi connectivity index (χ2v) is 5.93. The van der Waals surface area contributed by atoms with Crippen molar-refractivity contribution in [2.24, 2.45) is 5.10 Å². The second kappa shape index (κ2) is 8.83. The Bertz CT molecular complexity index is 893. The Morgan fingerprint density at radius 1 is 0.962 bits per heavy atom. The largest absolute Gasteiger partial charge is 0.483 e. The third-order valence-electron chi connectivity index (χ3n) is 3.60. The van der Waals surface area contributed by atoms with Crippen LogP contribution >= 0.6 is 11.6 Å². The Balaban J connectivity index is 1.57. The van der Waals surface area contributed by atoms with Crippen LogP contribution in [0, 0.1) is 0 Å². The van der Waals surface area contributed by atoms with Crippen molar-refractivity contribution < 1.29 is 9.53 Å². The first-order chi connectivity index (χ1) is 12.7. The number of hydrazone groups is 1. The number of rotatable bonds is 6. The molecule has 0 atom stereocenters. The van der Waals surface area contributed by atoms with Crippen molar-refractivity contribution in [2.75, 3.05) is 6.61 Å². The summed E-state index contributed by atoms with van der Waals surface area (Å²) in [6, 6.07) is 24.6. The summed E-state index contributed by atoms with van der Waals surface area (Å²) in [5.41, 5.74) is 5.25. The summed E-state index contributed by atoms with van der Waals surface area (Å²) in [6.07, 6.45) is 1.55. The Labute approximate surface area is 157 Å². The summed E-state index contributed by atoms with van der Waals surface area (Å²) in [6.45, 7) is -0.123. The van der Waals surface area contributed by atoms with Gasteiger partial charge in [-0.3, -0.25) is 4.79 Å². The highest BCUT2D eigenvalue weighted by Gasteiger charge is 2.07. The van der Waals surface area contributed by atoms with E-state index in [0.29, 0.717) is 10.8 Å². The third kappa shape index (κ3) is 4.94. The van der Waals surface area contributed by atoms with E-state index in [9.17, 15) is 4.79 Å². The zero-order chi connectivity index (χ0) is 18.2. The number of para-hydroxylation sites is 1. The average Bonchev–Trinajstić information content (AvgIpc) is 2.69. The molecule has 0 aliphatic rings. The molecule has 3 aromatic carbocycles. The molecule has 0 heterocycles. The van der Waals surface area contributed by atoms with Gasteiger partial charge in [0.05, 0.1) is 6.21 Å². The molecule has 0 aromatic heterocycles. The Morgan fingerprint density at radius 3 is 2.42 bits per heavy atom. The van der Waals surface area contributed by atoms with Crippen molar-refractivity contribution in [1.29, 1.82) is 0 Å². The van der Waals surface area contributed by atoms with Crippen LogP contribution in [0.25, 0.3) is 11.1 Å². The lowest BCUT2D eigenvalue weighted by Gasteiger charge is -2.10. The molecule has 1 amide bonds. The number of ether oxygens (including phenoxy) is 1. The average molecular weight is 365 g/mol. The number of halogens is 1. The normalized spacial score (nSPS) is 10.7. The second-order valence-electron chi connectivity index (χ2n) is 5.50. The van der Waals surface area contributed by atoms with Gasteiger partial charge in [-0.1, -0.05) is 72.3 Å². The summed E-state index contributed by atoms with van der Waals surface area (Å²) in [5, 5.41) is 4.57. The molecule has 130 valence electrons. The van der Waals surface area contributed by atoms with E-state index < -0.39 is 0 Å². The number of nitrogens with zero attached hydrogens (tertiary/aromatic N) is 1. The van der Waals surface area contributed by atoms with E-state index in [2.05, 4.69) is 10.5 Å². The van der Waals surface area contributed by atoms with Crippen molar-refractivity contribution in [1.82, 2.24) is 5.43 Å². The molecular weight excluding hydrogens is 348 g/mol. The summed E-state index contributed by atoms with van der Waals surface area (Å²) in [5.74, 6) is 0.314. The van der Waals surface area contributed by atoms with Crippen LogP contribution in [-0.4, -0.2) is 18.7 Å². The Hall–Kier alpha value is -3.11. The first-order valence-electron chi connectivity index (χ1n) is 8.07. The molecule has 0 unspecified atom stereocenters. The summed E-state index contributed by atoms with van der Waals surface area (Å²) >= 11 is 5.82. The van der Waals surface area contributed by atoms with E-state index in [4.69, 9.17) is 16.3 Å². The number of nitrogens with one attached hydrogen (secondary N) is 1. The quantitative estimate of drug-likeness (QED) is 0.516. The van der Waals surface area contributed by atoms with Gasteiger partial charge in [0.25, 0.3) is 5.91 Å². The maximum Gasteiger partial charge on any atom is 0.277 e. The van der Waals surface area contributed by atoms with Crippen LogP contribution in [0.4, 0.5) is 0 Å². The lowest BCUT2D eigenvalue weighted by molar-refractivity contribution is -0.123. The van der Waals surface area contributed by atoms with E-state index in [1.165, 1.54) is 0 Å². The van der Waals surface area contributed by atoms with Crippen LogP contribution in [0.3, 0.4) is 0 Å². The first kappa shape index (κ1) is 17.7. The highest BCUT2D eigenvalue weighted by Crippen LogP contribution is 2.29. The number of hydrogen-bond donors (Lipinski definition) is 1. The van der Waals surface area contributed by atoms with E-state index >= 15 is 0 Å². The molecular formula is C21H17ClN2O2. The third-order valence-corrected chi connectivity index (χ3v) is 3.86. The molecule has 0 spiro atoms. The monoisotopic (exact) mass is 364 g/mol. The van der Waals surface area contributed by atoms with Crippen molar-refractivity contribution >= 4 is 23.7 Å². The molecule has 0 bridgehead atoms. The van der Waals surface area contributed by atoms with Gasteiger partial charge < -0.3 is 4.74 Å². The van der Waals surface area contributed by atoms with Gasteiger partial charge in [-0.2, -0.15) is 5.10 Å². The van der Waals surface area contributed by atoms with E-state index in [1.807, 2.05) is 66.7 Å². The van der Waals surface area contributed by atoms with Crippen molar-refractivity contribution in [2.45, 2.75) is 0 Å². The molecule has 0 radical (unpaired) electrons. The number of hydrogen-bond acceptors (Lipinski definition) is 3. The SMILES string of the molecule is O=C(COc1ccccc1-c1ccccc1)NN=Cc1ccc(Cl)cc1. The number of carbonyl (C=O) groups excluding carboxylic acids is 1.